The number of methoxy groups -OCH3 is 1. The number of rotatable bonds is 3. The molecular weight excluding hydrogens is 218 g/mol. The van der Waals surface area contributed by atoms with Crippen LogP contribution < -0.4 is 10.1 Å². The zero-order chi connectivity index (χ0) is 12.1. The van der Waals surface area contributed by atoms with E-state index in [1.807, 2.05) is 0 Å². The van der Waals surface area contributed by atoms with Crippen LogP contribution in [0.2, 0.25) is 0 Å². The molecule has 0 aliphatic heterocycles. The lowest BCUT2D eigenvalue weighted by Crippen LogP contribution is -2.12. The number of carbonyl (C=O) groups is 1. The average Bonchev–Trinajstić information content (AvgIpc) is 2.40. The molecule has 0 spiro atoms. The quantitative estimate of drug-likeness (QED) is 0.870. The molecular formula is C12H11N3O2. The predicted octanol–water partition coefficient (Wildman–Crippen LogP) is 1.74. The molecule has 0 radical (unpaired) electrons. The minimum absolute atomic E-state index is 0.223. The molecule has 0 fully saturated rings. The van der Waals surface area contributed by atoms with Gasteiger partial charge in [0.15, 0.2) is 0 Å². The molecule has 2 heterocycles. The van der Waals surface area contributed by atoms with Crippen LogP contribution >= 0.6 is 0 Å². The van der Waals surface area contributed by atoms with Crippen molar-refractivity contribution in [2.24, 2.45) is 0 Å². The van der Waals surface area contributed by atoms with Gasteiger partial charge in [0.2, 0.25) is 5.88 Å². The summed E-state index contributed by atoms with van der Waals surface area (Å²) in [6.45, 7) is 0. The lowest BCUT2D eigenvalue weighted by molar-refractivity contribution is 0.102. The van der Waals surface area contributed by atoms with E-state index in [-0.39, 0.29) is 5.91 Å². The van der Waals surface area contributed by atoms with E-state index < -0.39 is 0 Å². The molecule has 2 aromatic heterocycles. The number of hydrogen-bond donors (Lipinski definition) is 1. The summed E-state index contributed by atoms with van der Waals surface area (Å²) < 4.78 is 5.04. The molecule has 2 rings (SSSR count). The fourth-order valence-corrected chi connectivity index (χ4v) is 1.35. The van der Waals surface area contributed by atoms with Gasteiger partial charge in [-0.25, -0.2) is 4.98 Å². The summed E-state index contributed by atoms with van der Waals surface area (Å²) in [5.74, 6) is 0.161. The van der Waals surface area contributed by atoms with Crippen molar-refractivity contribution in [1.82, 2.24) is 9.97 Å². The van der Waals surface area contributed by atoms with Crippen LogP contribution in [0.15, 0.2) is 42.9 Å². The van der Waals surface area contributed by atoms with Crippen LogP contribution in [0.5, 0.6) is 5.88 Å². The van der Waals surface area contributed by atoms with E-state index in [1.165, 1.54) is 7.11 Å². The molecule has 0 atom stereocenters. The maximum atomic E-state index is 11.9. The van der Waals surface area contributed by atoms with Gasteiger partial charge in [0.05, 0.1) is 7.11 Å². The Kier molecular flexibility index (Phi) is 3.30. The van der Waals surface area contributed by atoms with Crippen LogP contribution in [0.3, 0.4) is 0 Å². The van der Waals surface area contributed by atoms with Crippen molar-refractivity contribution in [3.63, 3.8) is 0 Å². The Bertz CT molecular complexity index is 514. The first-order valence-corrected chi connectivity index (χ1v) is 5.01. The first kappa shape index (κ1) is 11.1. The van der Waals surface area contributed by atoms with Gasteiger partial charge in [0, 0.05) is 24.2 Å². The smallest absolute Gasteiger partial charge is 0.255 e. The van der Waals surface area contributed by atoms with E-state index in [9.17, 15) is 4.79 Å². The second-order valence-electron chi connectivity index (χ2n) is 3.25. The summed E-state index contributed by atoms with van der Waals surface area (Å²) >= 11 is 0. The fourth-order valence-electron chi connectivity index (χ4n) is 1.35. The Morgan fingerprint density at radius 3 is 2.71 bits per heavy atom. The molecule has 0 aliphatic rings. The summed E-state index contributed by atoms with van der Waals surface area (Å²) in [6.07, 6.45) is 4.73. The van der Waals surface area contributed by atoms with Gasteiger partial charge in [-0.15, -0.1) is 0 Å². The van der Waals surface area contributed by atoms with Crippen LogP contribution in [-0.4, -0.2) is 23.0 Å². The number of pyridine rings is 2. The van der Waals surface area contributed by atoms with Crippen molar-refractivity contribution in [3.05, 3.63) is 48.4 Å². The second kappa shape index (κ2) is 5.07. The van der Waals surface area contributed by atoms with E-state index in [4.69, 9.17) is 4.74 Å². The van der Waals surface area contributed by atoms with Gasteiger partial charge in [-0.2, -0.15) is 0 Å². The molecule has 0 saturated carbocycles. The summed E-state index contributed by atoms with van der Waals surface area (Å²) in [5.41, 5.74) is 1.07. The van der Waals surface area contributed by atoms with Crippen LogP contribution in [0.4, 0.5) is 5.69 Å². The second-order valence-corrected chi connectivity index (χ2v) is 3.25. The van der Waals surface area contributed by atoms with E-state index in [0.717, 1.165) is 0 Å². The Hall–Kier alpha value is -2.43. The first-order valence-electron chi connectivity index (χ1n) is 5.01. The Morgan fingerprint density at radius 1 is 1.24 bits per heavy atom. The first-order chi connectivity index (χ1) is 8.31. The number of nitrogens with one attached hydrogen (secondary N) is 1. The molecule has 0 bridgehead atoms. The molecule has 0 aromatic carbocycles. The molecule has 5 nitrogen and oxygen atoms in total. The van der Waals surface area contributed by atoms with Crippen LogP contribution in [0.25, 0.3) is 0 Å². The van der Waals surface area contributed by atoms with Gasteiger partial charge in [-0.1, -0.05) is 0 Å². The SMILES string of the molecule is COc1ncccc1NC(=O)c1ccncc1. The topological polar surface area (TPSA) is 64.1 Å². The molecule has 0 saturated heterocycles. The van der Waals surface area contributed by atoms with Crippen molar-refractivity contribution in [1.29, 1.82) is 0 Å². The van der Waals surface area contributed by atoms with E-state index in [1.54, 1.807) is 42.9 Å². The van der Waals surface area contributed by atoms with Crippen molar-refractivity contribution in [2.45, 2.75) is 0 Å². The van der Waals surface area contributed by atoms with Crippen molar-refractivity contribution >= 4 is 11.6 Å². The number of ether oxygens (including phenoxy) is 1. The molecule has 5 heteroatoms. The summed E-state index contributed by atoms with van der Waals surface area (Å²) in [5, 5.41) is 2.72. The zero-order valence-corrected chi connectivity index (χ0v) is 9.25. The third kappa shape index (κ3) is 2.57. The Balaban J connectivity index is 2.19. The van der Waals surface area contributed by atoms with Gasteiger partial charge in [-0.05, 0) is 24.3 Å². The summed E-state index contributed by atoms with van der Waals surface area (Å²) in [6, 6.07) is 6.73. The molecule has 1 amide bonds. The van der Waals surface area contributed by atoms with Gasteiger partial charge < -0.3 is 10.1 Å². The number of amides is 1. The largest absolute Gasteiger partial charge is 0.480 e. The minimum atomic E-state index is -0.223. The molecule has 0 unspecified atom stereocenters. The molecule has 0 aliphatic carbocycles. The highest BCUT2D eigenvalue weighted by molar-refractivity contribution is 6.04. The van der Waals surface area contributed by atoms with Crippen molar-refractivity contribution < 1.29 is 9.53 Å². The number of carbonyl (C=O) groups excluding carboxylic acids is 1. The van der Waals surface area contributed by atoms with Gasteiger partial charge in [-0.3, -0.25) is 9.78 Å². The van der Waals surface area contributed by atoms with E-state index in [2.05, 4.69) is 15.3 Å². The molecule has 17 heavy (non-hydrogen) atoms. The Morgan fingerprint density at radius 2 is 2.00 bits per heavy atom. The third-order valence-corrected chi connectivity index (χ3v) is 2.16. The van der Waals surface area contributed by atoms with Crippen LogP contribution in [0.1, 0.15) is 10.4 Å². The fraction of sp³-hybridized carbons (Fsp3) is 0.0833. The highest BCUT2D eigenvalue weighted by Gasteiger charge is 2.09. The predicted molar refractivity (Wildman–Crippen MR) is 63.0 cm³/mol. The lowest BCUT2D eigenvalue weighted by atomic mass is 10.2. The lowest BCUT2D eigenvalue weighted by Gasteiger charge is -2.08. The van der Waals surface area contributed by atoms with Gasteiger partial charge in [0.1, 0.15) is 5.69 Å². The van der Waals surface area contributed by atoms with Gasteiger partial charge in [0.25, 0.3) is 5.91 Å². The Labute approximate surface area is 98.5 Å². The monoisotopic (exact) mass is 229 g/mol. The third-order valence-electron chi connectivity index (χ3n) is 2.16. The highest BCUT2D eigenvalue weighted by atomic mass is 16.5. The summed E-state index contributed by atoms with van der Waals surface area (Å²) in [4.78, 5) is 19.7. The molecule has 1 N–H and O–H groups in total. The number of aromatic nitrogens is 2. The highest BCUT2D eigenvalue weighted by Crippen LogP contribution is 2.20. The van der Waals surface area contributed by atoms with Gasteiger partial charge >= 0.3 is 0 Å². The zero-order valence-electron chi connectivity index (χ0n) is 9.25. The number of anilines is 1. The minimum Gasteiger partial charge on any atom is -0.480 e. The maximum absolute atomic E-state index is 11.9. The maximum Gasteiger partial charge on any atom is 0.255 e. The standard InChI is InChI=1S/C12H11N3O2/c1-17-12-10(3-2-6-14-12)15-11(16)9-4-7-13-8-5-9/h2-8H,1H3,(H,15,16). The van der Waals surface area contributed by atoms with E-state index >= 15 is 0 Å². The summed E-state index contributed by atoms with van der Waals surface area (Å²) in [7, 11) is 1.50. The molecule has 86 valence electrons. The molecule has 2 aromatic rings. The average molecular weight is 229 g/mol. The van der Waals surface area contributed by atoms with Crippen LogP contribution in [0, 0.1) is 0 Å². The van der Waals surface area contributed by atoms with E-state index in [0.29, 0.717) is 17.1 Å². The van der Waals surface area contributed by atoms with Crippen molar-refractivity contribution in [3.8, 4) is 5.88 Å². The van der Waals surface area contributed by atoms with Crippen LogP contribution in [-0.2, 0) is 0 Å². The van der Waals surface area contributed by atoms with Crippen molar-refractivity contribution in [2.75, 3.05) is 12.4 Å². The normalized spacial score (nSPS) is 9.71. The number of nitrogens with zero attached hydrogens (tertiary/aromatic N) is 2. The number of hydrogen-bond acceptors (Lipinski definition) is 4.